The van der Waals surface area contributed by atoms with Crippen LogP contribution in [0.3, 0.4) is 0 Å². The van der Waals surface area contributed by atoms with E-state index >= 15 is 0 Å². The summed E-state index contributed by atoms with van der Waals surface area (Å²) in [4.78, 5) is 26.5. The molecule has 2 aliphatic rings. The average Bonchev–Trinajstić information content (AvgIpc) is 3.33. The highest BCUT2D eigenvalue weighted by Crippen LogP contribution is 2.23. The Morgan fingerprint density at radius 2 is 1.92 bits per heavy atom. The summed E-state index contributed by atoms with van der Waals surface area (Å²) in [5.41, 5.74) is 4.52. The molecule has 1 saturated heterocycles. The molecule has 2 aromatic rings. The van der Waals surface area contributed by atoms with Crippen LogP contribution in [0.4, 0.5) is 0 Å². The van der Waals surface area contributed by atoms with E-state index in [-0.39, 0.29) is 17.9 Å². The molecular weight excluding hydrogens is 328 g/mol. The third-order valence-corrected chi connectivity index (χ3v) is 5.44. The van der Waals surface area contributed by atoms with Gasteiger partial charge in [0.1, 0.15) is 6.26 Å². The summed E-state index contributed by atoms with van der Waals surface area (Å²) in [5.74, 6) is 0.0734. The van der Waals surface area contributed by atoms with E-state index in [2.05, 4.69) is 23.5 Å². The van der Waals surface area contributed by atoms with Crippen molar-refractivity contribution in [3.8, 4) is 0 Å². The lowest BCUT2D eigenvalue weighted by Gasteiger charge is -2.32. The van der Waals surface area contributed by atoms with Crippen molar-refractivity contribution in [3.05, 3.63) is 59.0 Å². The van der Waals surface area contributed by atoms with Crippen molar-refractivity contribution in [2.45, 2.75) is 44.6 Å². The minimum atomic E-state index is 0.00154. The summed E-state index contributed by atoms with van der Waals surface area (Å²) in [5, 5.41) is 3.13. The summed E-state index contributed by atoms with van der Waals surface area (Å²) >= 11 is 0. The number of piperidine rings is 1. The fourth-order valence-corrected chi connectivity index (χ4v) is 3.99. The first-order valence-electron chi connectivity index (χ1n) is 9.40. The van der Waals surface area contributed by atoms with Gasteiger partial charge in [-0.15, -0.1) is 0 Å². The molecule has 5 nitrogen and oxygen atoms in total. The van der Waals surface area contributed by atoms with Crippen LogP contribution in [0.2, 0.25) is 0 Å². The molecule has 1 fully saturated rings. The maximum atomic E-state index is 12.4. The fraction of sp³-hybridized carbons (Fsp3) is 0.429. The number of carbonyl (C=O) groups is 2. The first-order chi connectivity index (χ1) is 12.7. The third kappa shape index (κ3) is 3.66. The Balaban J connectivity index is 1.26. The number of hydrogen-bond acceptors (Lipinski definition) is 3. The number of benzene rings is 1. The highest BCUT2D eigenvalue weighted by Gasteiger charge is 2.25. The summed E-state index contributed by atoms with van der Waals surface area (Å²) in [7, 11) is 0. The van der Waals surface area contributed by atoms with Gasteiger partial charge >= 0.3 is 0 Å². The van der Waals surface area contributed by atoms with Gasteiger partial charge in [-0.25, -0.2) is 0 Å². The van der Waals surface area contributed by atoms with Gasteiger partial charge in [0.25, 0.3) is 5.91 Å². The first-order valence-corrected chi connectivity index (χ1v) is 9.40. The van der Waals surface area contributed by atoms with Gasteiger partial charge in [-0.2, -0.15) is 0 Å². The molecule has 1 aliphatic heterocycles. The van der Waals surface area contributed by atoms with Gasteiger partial charge in [-0.1, -0.05) is 18.2 Å². The molecule has 0 spiro atoms. The molecule has 1 aromatic heterocycles. The van der Waals surface area contributed by atoms with E-state index in [9.17, 15) is 9.59 Å². The second-order valence-corrected chi connectivity index (χ2v) is 7.28. The molecule has 0 unspecified atom stereocenters. The molecular formula is C21H24N2O3. The van der Waals surface area contributed by atoms with Crippen LogP contribution in [-0.2, 0) is 24.1 Å². The number of nitrogens with one attached hydrogen (secondary N) is 1. The Morgan fingerprint density at radius 3 is 2.69 bits per heavy atom. The number of furan rings is 1. The van der Waals surface area contributed by atoms with Crippen LogP contribution in [0.1, 0.15) is 46.3 Å². The van der Waals surface area contributed by atoms with E-state index in [0.717, 1.165) is 31.2 Å². The number of fused-ring (bicyclic) bond motifs is 1. The lowest BCUT2D eigenvalue weighted by atomic mass is 10.0. The minimum Gasteiger partial charge on any atom is -0.472 e. The largest absolute Gasteiger partial charge is 0.472 e. The molecule has 0 bridgehead atoms. The lowest BCUT2D eigenvalue weighted by Crippen LogP contribution is -2.46. The van der Waals surface area contributed by atoms with Crippen LogP contribution in [0.5, 0.6) is 0 Å². The number of nitrogens with zero attached hydrogens (tertiary/aromatic N) is 1. The SMILES string of the molecule is O=C(Cc1ccc2c(c1)CCC2)NC1CCN(C(=O)c2ccoc2)CC1. The van der Waals surface area contributed by atoms with Crippen LogP contribution in [0.15, 0.2) is 41.2 Å². The van der Waals surface area contributed by atoms with Crippen LogP contribution in [0, 0.1) is 0 Å². The van der Waals surface area contributed by atoms with Crippen molar-refractivity contribution >= 4 is 11.8 Å². The first kappa shape index (κ1) is 16.9. The molecule has 5 heteroatoms. The summed E-state index contributed by atoms with van der Waals surface area (Å²) < 4.78 is 4.98. The smallest absolute Gasteiger partial charge is 0.257 e. The van der Waals surface area contributed by atoms with Crippen molar-refractivity contribution in [2.24, 2.45) is 0 Å². The molecule has 2 heterocycles. The Labute approximate surface area is 153 Å². The van der Waals surface area contributed by atoms with Crippen molar-refractivity contribution in [3.63, 3.8) is 0 Å². The zero-order valence-corrected chi connectivity index (χ0v) is 14.9. The zero-order chi connectivity index (χ0) is 17.9. The molecule has 0 saturated carbocycles. The molecule has 0 radical (unpaired) electrons. The quantitative estimate of drug-likeness (QED) is 0.920. The van der Waals surface area contributed by atoms with E-state index in [1.165, 1.54) is 30.1 Å². The van der Waals surface area contributed by atoms with E-state index in [1.54, 1.807) is 6.07 Å². The van der Waals surface area contributed by atoms with Crippen LogP contribution in [-0.4, -0.2) is 35.8 Å². The van der Waals surface area contributed by atoms with Crippen molar-refractivity contribution < 1.29 is 14.0 Å². The average molecular weight is 352 g/mol. The highest BCUT2D eigenvalue weighted by atomic mass is 16.3. The van der Waals surface area contributed by atoms with Gasteiger partial charge in [0.2, 0.25) is 5.91 Å². The number of rotatable bonds is 4. The Bertz CT molecular complexity index is 790. The number of carbonyl (C=O) groups excluding carboxylic acids is 2. The molecule has 2 amide bonds. The predicted molar refractivity (Wildman–Crippen MR) is 97.9 cm³/mol. The highest BCUT2D eigenvalue weighted by molar-refractivity contribution is 5.93. The van der Waals surface area contributed by atoms with Crippen LogP contribution in [0.25, 0.3) is 0 Å². The van der Waals surface area contributed by atoms with Crippen LogP contribution < -0.4 is 5.32 Å². The monoisotopic (exact) mass is 352 g/mol. The minimum absolute atomic E-state index is 0.00154. The number of amides is 2. The summed E-state index contributed by atoms with van der Waals surface area (Å²) in [6, 6.07) is 8.27. The van der Waals surface area contributed by atoms with E-state index in [1.807, 2.05) is 4.90 Å². The molecule has 136 valence electrons. The van der Waals surface area contributed by atoms with Gasteiger partial charge < -0.3 is 14.6 Å². The van der Waals surface area contributed by atoms with Gasteiger partial charge in [0.05, 0.1) is 18.2 Å². The molecule has 0 atom stereocenters. The maximum absolute atomic E-state index is 12.4. The van der Waals surface area contributed by atoms with Gasteiger partial charge in [-0.05, 0) is 54.9 Å². The summed E-state index contributed by atoms with van der Waals surface area (Å²) in [6.07, 6.45) is 8.53. The number of hydrogen-bond donors (Lipinski definition) is 1. The van der Waals surface area contributed by atoms with Gasteiger partial charge in [-0.3, -0.25) is 9.59 Å². The maximum Gasteiger partial charge on any atom is 0.257 e. The van der Waals surface area contributed by atoms with Crippen molar-refractivity contribution in [2.75, 3.05) is 13.1 Å². The topological polar surface area (TPSA) is 62.6 Å². The third-order valence-electron chi connectivity index (χ3n) is 5.44. The fourth-order valence-electron chi connectivity index (χ4n) is 3.99. The predicted octanol–water partition coefficient (Wildman–Crippen LogP) is 2.73. The second-order valence-electron chi connectivity index (χ2n) is 7.28. The molecule has 1 aromatic carbocycles. The molecule has 1 N–H and O–H groups in total. The zero-order valence-electron chi connectivity index (χ0n) is 14.9. The Morgan fingerprint density at radius 1 is 1.12 bits per heavy atom. The number of likely N-dealkylation sites (tertiary alicyclic amines) is 1. The summed E-state index contributed by atoms with van der Waals surface area (Å²) in [6.45, 7) is 1.32. The Kier molecular flexibility index (Phi) is 4.78. The van der Waals surface area contributed by atoms with Crippen molar-refractivity contribution in [1.82, 2.24) is 10.2 Å². The Hall–Kier alpha value is -2.56. The second kappa shape index (κ2) is 7.36. The van der Waals surface area contributed by atoms with E-state index in [4.69, 9.17) is 4.42 Å². The number of aryl methyl sites for hydroxylation is 2. The molecule has 4 rings (SSSR count). The van der Waals surface area contributed by atoms with Gasteiger partial charge in [0, 0.05) is 19.1 Å². The normalized spacial score (nSPS) is 17.2. The molecule has 1 aliphatic carbocycles. The lowest BCUT2D eigenvalue weighted by molar-refractivity contribution is -0.121. The van der Waals surface area contributed by atoms with E-state index in [0.29, 0.717) is 25.1 Å². The van der Waals surface area contributed by atoms with Crippen molar-refractivity contribution in [1.29, 1.82) is 0 Å². The van der Waals surface area contributed by atoms with Crippen LogP contribution >= 0.6 is 0 Å². The van der Waals surface area contributed by atoms with E-state index < -0.39 is 0 Å². The standard InChI is InChI=1S/C21H24N2O3/c24-20(13-15-4-5-16-2-1-3-17(16)12-15)22-19-6-9-23(10-7-19)21(25)18-8-11-26-14-18/h4-5,8,11-12,14,19H,1-3,6-7,9-10,13H2,(H,22,24). The molecule has 26 heavy (non-hydrogen) atoms. The van der Waals surface area contributed by atoms with Gasteiger partial charge in [0.15, 0.2) is 0 Å².